The number of rotatable bonds is 3. The molecular weight excluding hydrogens is 252 g/mol. The molecule has 0 aliphatic heterocycles. The van der Waals surface area contributed by atoms with Gasteiger partial charge in [0.15, 0.2) is 5.82 Å². The van der Waals surface area contributed by atoms with Gasteiger partial charge in [0, 0.05) is 10.8 Å². The van der Waals surface area contributed by atoms with E-state index in [1.807, 2.05) is 0 Å². The Hall–Kier alpha value is -1.76. The minimum Gasteiger partial charge on any atom is -0.480 e. The highest BCUT2D eigenvalue weighted by Crippen LogP contribution is 2.37. The van der Waals surface area contributed by atoms with E-state index in [9.17, 15) is 4.79 Å². The molecule has 3 rings (SSSR count). The zero-order valence-corrected chi connectivity index (χ0v) is 10.4. The molecule has 1 N–H and O–H groups in total. The fourth-order valence-corrected chi connectivity index (χ4v) is 3.44. The molecule has 2 aromatic heterocycles. The largest absolute Gasteiger partial charge is 0.480 e. The van der Waals surface area contributed by atoms with Crippen LogP contribution in [0.1, 0.15) is 35.0 Å². The average Bonchev–Trinajstić information content (AvgIpc) is 2.95. The summed E-state index contributed by atoms with van der Waals surface area (Å²) in [4.78, 5) is 12.2. The number of aryl methyl sites for hydroxylation is 1. The third-order valence-corrected chi connectivity index (χ3v) is 4.20. The number of carbonyl (C=O) groups is 1. The summed E-state index contributed by atoms with van der Waals surface area (Å²) in [5, 5.41) is 22.3. The summed E-state index contributed by atoms with van der Waals surface area (Å²) in [6.45, 7) is -0.182. The van der Waals surface area contributed by atoms with Crippen LogP contribution < -0.4 is 0 Å². The molecule has 6 nitrogen and oxygen atoms in total. The number of carboxylic acids is 1. The quantitative estimate of drug-likeness (QED) is 0.903. The van der Waals surface area contributed by atoms with Crippen molar-refractivity contribution < 1.29 is 9.90 Å². The van der Waals surface area contributed by atoms with Crippen molar-refractivity contribution in [1.29, 1.82) is 0 Å². The molecule has 0 aromatic carbocycles. The highest BCUT2D eigenvalue weighted by molar-refractivity contribution is 7.10. The van der Waals surface area contributed by atoms with Crippen LogP contribution in [-0.4, -0.2) is 31.3 Å². The van der Waals surface area contributed by atoms with E-state index in [2.05, 4.69) is 27.0 Å². The summed E-state index contributed by atoms with van der Waals surface area (Å²) in [6.07, 6.45) is 3.17. The molecule has 0 saturated heterocycles. The Balaban J connectivity index is 1.97. The highest BCUT2D eigenvalue weighted by atomic mass is 32.1. The van der Waals surface area contributed by atoms with E-state index < -0.39 is 5.97 Å². The lowest BCUT2D eigenvalue weighted by atomic mass is 9.87. The van der Waals surface area contributed by atoms with Crippen LogP contribution in [0.15, 0.2) is 11.4 Å². The van der Waals surface area contributed by atoms with E-state index in [0.29, 0.717) is 5.82 Å². The summed E-state index contributed by atoms with van der Waals surface area (Å²) in [6, 6.07) is 2.10. The fourth-order valence-electron chi connectivity index (χ4n) is 2.46. The van der Waals surface area contributed by atoms with Gasteiger partial charge in [0.05, 0.1) is 0 Å². The fraction of sp³-hybridized carbons (Fsp3) is 0.455. The Kier molecular flexibility index (Phi) is 2.83. The van der Waals surface area contributed by atoms with Crippen molar-refractivity contribution in [3.8, 4) is 0 Å². The first-order chi connectivity index (χ1) is 8.75. The lowest BCUT2D eigenvalue weighted by Crippen LogP contribution is -2.18. The number of hydrogen-bond donors (Lipinski definition) is 1. The van der Waals surface area contributed by atoms with Crippen LogP contribution in [0.5, 0.6) is 0 Å². The molecule has 0 spiro atoms. The predicted octanol–water partition coefficient (Wildman–Crippen LogP) is 1.29. The van der Waals surface area contributed by atoms with E-state index >= 15 is 0 Å². The molecule has 1 aliphatic rings. The van der Waals surface area contributed by atoms with Crippen LogP contribution in [0.4, 0.5) is 0 Å². The molecule has 0 amide bonds. The van der Waals surface area contributed by atoms with Crippen LogP contribution in [-0.2, 0) is 17.8 Å². The molecule has 2 heterocycles. The lowest BCUT2D eigenvalue weighted by Gasteiger charge is -2.21. The highest BCUT2D eigenvalue weighted by Gasteiger charge is 2.27. The minimum absolute atomic E-state index is 0.134. The van der Waals surface area contributed by atoms with Gasteiger partial charge in [-0.2, -0.15) is 0 Å². The van der Waals surface area contributed by atoms with Crippen molar-refractivity contribution in [3.05, 3.63) is 27.7 Å². The average molecular weight is 264 g/mol. The first kappa shape index (κ1) is 11.3. The lowest BCUT2D eigenvalue weighted by molar-refractivity contribution is -0.138. The van der Waals surface area contributed by atoms with Crippen LogP contribution in [0.2, 0.25) is 0 Å². The van der Waals surface area contributed by atoms with Gasteiger partial charge in [0.2, 0.25) is 0 Å². The van der Waals surface area contributed by atoms with Crippen LogP contribution in [0.25, 0.3) is 0 Å². The summed E-state index contributed by atoms with van der Waals surface area (Å²) in [5.41, 5.74) is 1.26. The summed E-state index contributed by atoms with van der Waals surface area (Å²) in [5.74, 6) is -0.129. The van der Waals surface area contributed by atoms with Crippen LogP contribution in [0, 0.1) is 0 Å². The molecule has 0 saturated carbocycles. The van der Waals surface area contributed by atoms with Crippen molar-refractivity contribution in [2.75, 3.05) is 0 Å². The summed E-state index contributed by atoms with van der Waals surface area (Å²) < 4.78 is 1.39. The molecule has 1 aliphatic carbocycles. The van der Waals surface area contributed by atoms with Gasteiger partial charge >= 0.3 is 5.97 Å². The van der Waals surface area contributed by atoms with E-state index in [-0.39, 0.29) is 12.5 Å². The number of carboxylic acid groups (broad SMARTS) is 1. The molecule has 18 heavy (non-hydrogen) atoms. The molecule has 94 valence electrons. The van der Waals surface area contributed by atoms with Crippen molar-refractivity contribution >= 4 is 17.3 Å². The third-order valence-electron chi connectivity index (χ3n) is 3.21. The molecule has 7 heteroatoms. The number of thiophene rings is 1. The van der Waals surface area contributed by atoms with Gasteiger partial charge < -0.3 is 5.11 Å². The maximum Gasteiger partial charge on any atom is 0.325 e. The minimum atomic E-state index is -0.926. The van der Waals surface area contributed by atoms with Gasteiger partial charge in [-0.15, -0.1) is 16.4 Å². The first-order valence-electron chi connectivity index (χ1n) is 5.80. The standard InChI is InChI=1S/C11H12N4O2S/c16-10(17)6-15-11(12-13-14-15)8-2-1-3-9-7(8)4-5-18-9/h4-5,8H,1-3,6H2,(H,16,17). The summed E-state index contributed by atoms with van der Waals surface area (Å²) >= 11 is 1.75. The van der Waals surface area contributed by atoms with Crippen molar-refractivity contribution in [3.63, 3.8) is 0 Å². The zero-order chi connectivity index (χ0) is 12.5. The Morgan fingerprint density at radius 2 is 2.50 bits per heavy atom. The van der Waals surface area contributed by atoms with Gasteiger partial charge in [-0.1, -0.05) is 0 Å². The number of nitrogens with zero attached hydrogens (tertiary/aromatic N) is 4. The third kappa shape index (κ3) is 1.90. The molecule has 0 bridgehead atoms. The summed E-state index contributed by atoms with van der Waals surface area (Å²) in [7, 11) is 0. The van der Waals surface area contributed by atoms with Gasteiger partial charge in [0.25, 0.3) is 0 Å². The molecule has 2 aromatic rings. The molecule has 0 radical (unpaired) electrons. The van der Waals surface area contributed by atoms with Crippen molar-refractivity contribution in [1.82, 2.24) is 20.2 Å². The van der Waals surface area contributed by atoms with Gasteiger partial charge in [-0.3, -0.25) is 4.79 Å². The van der Waals surface area contributed by atoms with Crippen molar-refractivity contribution in [2.24, 2.45) is 0 Å². The SMILES string of the molecule is O=C(O)Cn1nnnc1C1CCCc2sccc21. The molecule has 1 atom stereocenters. The van der Waals surface area contributed by atoms with Gasteiger partial charge in [-0.25, -0.2) is 4.68 Å². The first-order valence-corrected chi connectivity index (χ1v) is 6.68. The van der Waals surface area contributed by atoms with Gasteiger partial charge in [-0.05, 0) is 46.7 Å². The molecular formula is C11H12N4O2S. The zero-order valence-electron chi connectivity index (χ0n) is 9.61. The Labute approximate surface area is 107 Å². The van der Waals surface area contributed by atoms with E-state index in [4.69, 9.17) is 5.11 Å². The maximum atomic E-state index is 10.8. The second-order valence-electron chi connectivity index (χ2n) is 4.33. The monoisotopic (exact) mass is 264 g/mol. The van der Waals surface area contributed by atoms with Gasteiger partial charge in [0.1, 0.15) is 6.54 Å². The normalized spacial score (nSPS) is 18.6. The Bertz CT molecular complexity index is 577. The van der Waals surface area contributed by atoms with E-state index in [1.54, 1.807) is 11.3 Å². The Morgan fingerprint density at radius 3 is 3.33 bits per heavy atom. The second-order valence-corrected chi connectivity index (χ2v) is 5.33. The van der Waals surface area contributed by atoms with Crippen LogP contribution >= 0.6 is 11.3 Å². The van der Waals surface area contributed by atoms with Crippen molar-refractivity contribution in [2.45, 2.75) is 31.7 Å². The Morgan fingerprint density at radius 1 is 1.61 bits per heavy atom. The van der Waals surface area contributed by atoms with E-state index in [0.717, 1.165) is 19.3 Å². The molecule has 1 unspecified atom stereocenters. The van der Waals surface area contributed by atoms with E-state index in [1.165, 1.54) is 15.1 Å². The maximum absolute atomic E-state index is 10.8. The topological polar surface area (TPSA) is 80.9 Å². The number of tetrazole rings is 1. The predicted molar refractivity (Wildman–Crippen MR) is 64.6 cm³/mol. The second kappa shape index (κ2) is 4.49. The number of fused-ring (bicyclic) bond motifs is 1. The number of aliphatic carboxylic acids is 1. The number of hydrogen-bond acceptors (Lipinski definition) is 5. The molecule has 0 fully saturated rings. The number of aromatic nitrogens is 4. The smallest absolute Gasteiger partial charge is 0.325 e. The van der Waals surface area contributed by atoms with Crippen LogP contribution in [0.3, 0.4) is 0 Å².